The van der Waals surface area contributed by atoms with E-state index < -0.39 is 0 Å². The minimum Gasteiger partial charge on any atom is -0.355 e. The molecule has 2 aromatic rings. The normalized spacial score (nSPS) is 15.0. The highest BCUT2D eigenvalue weighted by Crippen LogP contribution is 2.39. The number of carbonyl (C=O) groups excluding carboxylic acids is 1. The number of H-pyrrole nitrogens is 1. The number of carbonyl (C=O) groups is 1. The van der Waals surface area contributed by atoms with Crippen LogP contribution < -0.4 is 0 Å². The summed E-state index contributed by atoms with van der Waals surface area (Å²) >= 11 is 0. The van der Waals surface area contributed by atoms with Gasteiger partial charge in [-0.2, -0.15) is 0 Å². The van der Waals surface area contributed by atoms with Gasteiger partial charge in [-0.3, -0.25) is 4.79 Å². The first kappa shape index (κ1) is 15.1. The number of aromatic amines is 1. The zero-order chi connectivity index (χ0) is 15.7. The summed E-state index contributed by atoms with van der Waals surface area (Å²) in [5.41, 5.74) is 4.34. The monoisotopic (exact) mass is 295 g/mol. The van der Waals surface area contributed by atoms with Gasteiger partial charge >= 0.3 is 0 Å². The van der Waals surface area contributed by atoms with E-state index in [0.29, 0.717) is 17.0 Å². The summed E-state index contributed by atoms with van der Waals surface area (Å²) in [5.74, 6) is 0.746. The lowest BCUT2D eigenvalue weighted by Gasteiger charge is -2.17. The summed E-state index contributed by atoms with van der Waals surface area (Å²) in [6.07, 6.45) is 4.71. The fourth-order valence-electron chi connectivity index (χ4n) is 2.67. The Balaban J connectivity index is 1.67. The van der Waals surface area contributed by atoms with Gasteiger partial charge in [0.25, 0.3) is 0 Å². The quantitative estimate of drug-likeness (QED) is 0.765. The second kappa shape index (κ2) is 5.75. The van der Waals surface area contributed by atoms with Crippen LogP contribution in [0.4, 0.5) is 0 Å². The van der Waals surface area contributed by atoms with Crippen LogP contribution in [-0.4, -0.2) is 10.8 Å². The first-order valence-electron chi connectivity index (χ1n) is 8.25. The van der Waals surface area contributed by atoms with Crippen molar-refractivity contribution in [2.45, 2.75) is 52.4 Å². The molecule has 0 atom stereocenters. The summed E-state index contributed by atoms with van der Waals surface area (Å²) in [7, 11) is 0. The fourth-order valence-corrected chi connectivity index (χ4v) is 2.67. The number of hydrogen-bond acceptors (Lipinski definition) is 1. The van der Waals surface area contributed by atoms with Crippen molar-refractivity contribution in [3.8, 4) is 0 Å². The van der Waals surface area contributed by atoms with Crippen LogP contribution in [-0.2, 0) is 6.42 Å². The largest absolute Gasteiger partial charge is 0.355 e. The molecule has 116 valence electrons. The van der Waals surface area contributed by atoms with E-state index in [1.165, 1.54) is 24.1 Å². The molecular weight excluding hydrogens is 270 g/mol. The molecule has 1 aliphatic carbocycles. The van der Waals surface area contributed by atoms with Crippen LogP contribution in [0, 0.1) is 5.41 Å². The molecule has 1 aromatic heterocycles. The van der Waals surface area contributed by atoms with Gasteiger partial charge in [0.05, 0.1) is 5.69 Å². The van der Waals surface area contributed by atoms with Crippen molar-refractivity contribution in [1.29, 1.82) is 0 Å². The average molecular weight is 295 g/mol. The van der Waals surface area contributed by atoms with E-state index in [9.17, 15) is 4.79 Å². The van der Waals surface area contributed by atoms with Crippen molar-refractivity contribution >= 4 is 5.78 Å². The van der Waals surface area contributed by atoms with Crippen molar-refractivity contribution in [3.63, 3.8) is 0 Å². The Labute approximate surface area is 133 Å². The third-order valence-corrected chi connectivity index (χ3v) is 4.35. The predicted molar refractivity (Wildman–Crippen MR) is 90.4 cm³/mol. The van der Waals surface area contributed by atoms with E-state index in [1.54, 1.807) is 0 Å². The lowest BCUT2D eigenvalue weighted by Crippen LogP contribution is -2.06. The van der Waals surface area contributed by atoms with E-state index >= 15 is 0 Å². The Morgan fingerprint density at radius 1 is 1.09 bits per heavy atom. The standard InChI is InChI=1S/C20H25NO/c1-20(2,3)13-12-14-4-6-16(7-5-14)19(22)18-11-10-17(21-18)15-8-9-15/h4-7,10-11,15,21H,8-9,12-13H2,1-3H3. The lowest BCUT2D eigenvalue weighted by atomic mass is 9.88. The van der Waals surface area contributed by atoms with E-state index in [1.807, 2.05) is 18.2 Å². The number of aromatic nitrogens is 1. The molecule has 1 heterocycles. The van der Waals surface area contributed by atoms with E-state index in [-0.39, 0.29) is 5.78 Å². The topological polar surface area (TPSA) is 32.9 Å². The highest BCUT2D eigenvalue weighted by Gasteiger charge is 2.25. The molecule has 2 nitrogen and oxygen atoms in total. The van der Waals surface area contributed by atoms with Crippen LogP contribution in [0.2, 0.25) is 0 Å². The number of benzene rings is 1. The van der Waals surface area contributed by atoms with Crippen LogP contribution in [0.5, 0.6) is 0 Å². The Morgan fingerprint density at radius 2 is 1.77 bits per heavy atom. The molecule has 0 aliphatic heterocycles. The van der Waals surface area contributed by atoms with E-state index in [0.717, 1.165) is 18.4 Å². The zero-order valence-electron chi connectivity index (χ0n) is 13.8. The summed E-state index contributed by atoms with van der Waals surface area (Å²) in [5, 5.41) is 0. The minimum atomic E-state index is 0.0919. The molecule has 0 radical (unpaired) electrons. The van der Waals surface area contributed by atoms with Crippen LogP contribution >= 0.6 is 0 Å². The maximum Gasteiger partial charge on any atom is 0.209 e. The third kappa shape index (κ3) is 3.68. The first-order chi connectivity index (χ1) is 10.4. The smallest absolute Gasteiger partial charge is 0.209 e. The van der Waals surface area contributed by atoms with Crippen molar-refractivity contribution < 1.29 is 4.79 Å². The molecule has 1 aliphatic rings. The summed E-state index contributed by atoms with van der Waals surface area (Å²) in [6.45, 7) is 6.77. The lowest BCUT2D eigenvalue weighted by molar-refractivity contribution is 0.103. The van der Waals surface area contributed by atoms with Gasteiger partial charge in [0.2, 0.25) is 5.78 Å². The maximum atomic E-state index is 12.5. The summed E-state index contributed by atoms with van der Waals surface area (Å²) in [6, 6.07) is 12.1. The molecule has 1 N–H and O–H groups in total. The molecule has 0 saturated heterocycles. The van der Waals surface area contributed by atoms with Crippen molar-refractivity contribution in [2.75, 3.05) is 0 Å². The van der Waals surface area contributed by atoms with Gasteiger partial charge in [-0.15, -0.1) is 0 Å². The van der Waals surface area contributed by atoms with Crippen LogP contribution in [0.15, 0.2) is 36.4 Å². The van der Waals surface area contributed by atoms with E-state index in [4.69, 9.17) is 0 Å². The summed E-state index contributed by atoms with van der Waals surface area (Å²) < 4.78 is 0. The molecule has 0 amide bonds. The maximum absolute atomic E-state index is 12.5. The van der Waals surface area contributed by atoms with Gasteiger partial charge in [0.15, 0.2) is 0 Å². The summed E-state index contributed by atoms with van der Waals surface area (Å²) in [4.78, 5) is 15.8. The molecule has 3 rings (SSSR count). The van der Waals surface area contributed by atoms with Gasteiger partial charge in [-0.25, -0.2) is 0 Å². The molecule has 1 fully saturated rings. The number of hydrogen-bond donors (Lipinski definition) is 1. The molecule has 0 bridgehead atoms. The number of aryl methyl sites for hydroxylation is 1. The highest BCUT2D eigenvalue weighted by atomic mass is 16.1. The third-order valence-electron chi connectivity index (χ3n) is 4.35. The molecular formula is C20H25NO. The average Bonchev–Trinajstić information content (AvgIpc) is 3.22. The van der Waals surface area contributed by atoms with Gasteiger partial charge < -0.3 is 4.98 Å². The molecule has 1 saturated carbocycles. The number of ketones is 1. The second-order valence-corrected chi connectivity index (χ2v) is 7.69. The SMILES string of the molecule is CC(C)(C)CCc1ccc(C(=O)c2ccc(C3CC3)[nH]2)cc1. The number of nitrogens with one attached hydrogen (secondary N) is 1. The van der Waals surface area contributed by atoms with Crippen molar-refractivity contribution in [2.24, 2.45) is 5.41 Å². The predicted octanol–water partition coefficient (Wildman–Crippen LogP) is 5.10. The Hall–Kier alpha value is -1.83. The molecule has 1 aromatic carbocycles. The van der Waals surface area contributed by atoms with Gasteiger partial charge in [-0.05, 0) is 54.7 Å². The van der Waals surface area contributed by atoms with Gasteiger partial charge in [0, 0.05) is 11.3 Å². The van der Waals surface area contributed by atoms with Crippen molar-refractivity contribution in [1.82, 2.24) is 4.98 Å². The van der Waals surface area contributed by atoms with Crippen molar-refractivity contribution in [3.05, 3.63) is 58.9 Å². The highest BCUT2D eigenvalue weighted by molar-refractivity contribution is 6.07. The van der Waals surface area contributed by atoms with Crippen LogP contribution in [0.1, 0.15) is 73.3 Å². The Bertz CT molecular complexity index is 654. The molecule has 2 heteroatoms. The van der Waals surface area contributed by atoms with Gasteiger partial charge in [0.1, 0.15) is 0 Å². The first-order valence-corrected chi connectivity index (χ1v) is 8.25. The minimum absolute atomic E-state index is 0.0919. The van der Waals surface area contributed by atoms with Crippen LogP contribution in [0.25, 0.3) is 0 Å². The Kier molecular flexibility index (Phi) is 3.94. The van der Waals surface area contributed by atoms with Gasteiger partial charge in [-0.1, -0.05) is 45.0 Å². The molecule has 0 unspecified atom stereocenters. The molecule has 22 heavy (non-hydrogen) atoms. The van der Waals surface area contributed by atoms with Crippen LogP contribution in [0.3, 0.4) is 0 Å². The Morgan fingerprint density at radius 3 is 2.36 bits per heavy atom. The van der Waals surface area contributed by atoms with E-state index in [2.05, 4.69) is 44.0 Å². The second-order valence-electron chi connectivity index (χ2n) is 7.69. The zero-order valence-corrected chi connectivity index (χ0v) is 13.8. The number of rotatable bonds is 5. The fraction of sp³-hybridized carbons (Fsp3) is 0.450. The molecule has 0 spiro atoms.